The summed E-state index contributed by atoms with van der Waals surface area (Å²) in [6.07, 6.45) is 12.7. The van der Waals surface area contributed by atoms with Crippen LogP contribution in [-0.2, 0) is 35.0 Å². The molecule has 0 aromatic heterocycles. The van der Waals surface area contributed by atoms with Gasteiger partial charge in [-0.1, -0.05) is 75.6 Å². The van der Waals surface area contributed by atoms with Crippen molar-refractivity contribution in [3.05, 3.63) is 96.7 Å². The van der Waals surface area contributed by atoms with Crippen LogP contribution in [0.1, 0.15) is 38.7 Å². The standard InChI is InChI=1S/C35H54N2O6/c1-6-12-32-27-30(4)34(28-33(13-7-2)37(32)5)36-35(14-8-3)43-26-25-41-22-21-39-18-17-38-19-20-40-23-24-42-29-31-15-10-9-11-16-31/h7-16,30,34,36H,2-3,6,17-29H2,1,4-5H3/b32-12+,33-13+,35-14+/t30-,34?/m0/s1. The van der Waals surface area contributed by atoms with Gasteiger partial charge in [0.25, 0.3) is 0 Å². The number of ether oxygens (including phenoxy) is 6. The predicted octanol–water partition coefficient (Wildman–Crippen LogP) is 6.00. The minimum atomic E-state index is 0.213. The Kier molecular flexibility index (Phi) is 19.9. The molecule has 0 spiro atoms. The molecule has 2 rings (SSSR count). The quantitative estimate of drug-likeness (QED) is 0.0935. The van der Waals surface area contributed by atoms with E-state index in [1.807, 2.05) is 42.5 Å². The summed E-state index contributed by atoms with van der Waals surface area (Å²) in [7, 11) is 2.14. The van der Waals surface area contributed by atoms with Crippen molar-refractivity contribution in [3.63, 3.8) is 0 Å². The summed E-state index contributed by atoms with van der Waals surface area (Å²) in [6, 6.07) is 10.3. The van der Waals surface area contributed by atoms with E-state index < -0.39 is 0 Å². The first-order valence-corrected chi connectivity index (χ1v) is 15.5. The predicted molar refractivity (Wildman–Crippen MR) is 173 cm³/mol. The van der Waals surface area contributed by atoms with E-state index >= 15 is 0 Å². The molecule has 1 aliphatic rings. The van der Waals surface area contributed by atoms with Crippen molar-refractivity contribution >= 4 is 0 Å². The van der Waals surface area contributed by atoms with E-state index in [-0.39, 0.29) is 6.04 Å². The average molecular weight is 599 g/mol. The molecule has 1 saturated heterocycles. The zero-order valence-corrected chi connectivity index (χ0v) is 26.6. The van der Waals surface area contributed by atoms with Crippen LogP contribution in [0.15, 0.2) is 91.1 Å². The van der Waals surface area contributed by atoms with E-state index in [2.05, 4.69) is 56.4 Å². The molecule has 1 aliphatic heterocycles. The highest BCUT2D eigenvalue weighted by Crippen LogP contribution is 2.31. The number of allylic oxidation sites excluding steroid dienone is 6. The van der Waals surface area contributed by atoms with E-state index in [1.54, 1.807) is 6.08 Å². The van der Waals surface area contributed by atoms with Crippen LogP contribution in [0.3, 0.4) is 0 Å². The van der Waals surface area contributed by atoms with Crippen molar-refractivity contribution in [2.45, 2.75) is 45.8 Å². The molecule has 0 amide bonds. The van der Waals surface area contributed by atoms with Crippen molar-refractivity contribution in [1.29, 1.82) is 0 Å². The molecule has 0 radical (unpaired) electrons. The van der Waals surface area contributed by atoms with Gasteiger partial charge in [0.05, 0.1) is 66.1 Å². The Labute approximate surface area is 260 Å². The fraction of sp³-hybridized carbons (Fsp3) is 0.543. The maximum absolute atomic E-state index is 6.01. The number of nitrogens with one attached hydrogen (secondary N) is 1. The van der Waals surface area contributed by atoms with Gasteiger partial charge in [0, 0.05) is 30.9 Å². The van der Waals surface area contributed by atoms with Gasteiger partial charge in [0.1, 0.15) is 6.61 Å². The molecule has 1 heterocycles. The second-order valence-corrected chi connectivity index (χ2v) is 10.3. The average Bonchev–Trinajstić information content (AvgIpc) is 3.11. The monoisotopic (exact) mass is 598 g/mol. The minimum Gasteiger partial charge on any atom is -0.477 e. The van der Waals surface area contributed by atoms with Crippen molar-refractivity contribution in [2.75, 3.05) is 73.1 Å². The highest BCUT2D eigenvalue weighted by Gasteiger charge is 2.27. The molecule has 1 unspecified atom stereocenters. The Balaban J connectivity index is 1.50. The van der Waals surface area contributed by atoms with E-state index in [9.17, 15) is 0 Å². The minimum absolute atomic E-state index is 0.213. The Morgan fingerprint density at radius 3 is 1.95 bits per heavy atom. The van der Waals surface area contributed by atoms with Crippen LogP contribution in [0.4, 0.5) is 0 Å². The first-order valence-electron chi connectivity index (χ1n) is 15.5. The molecule has 1 fully saturated rings. The molecule has 8 nitrogen and oxygen atoms in total. The molecule has 1 aromatic carbocycles. The van der Waals surface area contributed by atoms with Gasteiger partial charge in [0.15, 0.2) is 5.88 Å². The molecule has 1 N–H and O–H groups in total. The fourth-order valence-corrected chi connectivity index (χ4v) is 4.60. The third-order valence-corrected chi connectivity index (χ3v) is 6.94. The zero-order chi connectivity index (χ0) is 31.0. The fourth-order valence-electron chi connectivity index (χ4n) is 4.60. The van der Waals surface area contributed by atoms with E-state index in [0.717, 1.165) is 24.8 Å². The van der Waals surface area contributed by atoms with Crippen molar-refractivity contribution in [3.8, 4) is 0 Å². The highest BCUT2D eigenvalue weighted by molar-refractivity contribution is 5.21. The van der Waals surface area contributed by atoms with Gasteiger partial charge >= 0.3 is 0 Å². The lowest BCUT2D eigenvalue weighted by molar-refractivity contribution is -0.0158. The Morgan fingerprint density at radius 1 is 0.814 bits per heavy atom. The third-order valence-electron chi connectivity index (χ3n) is 6.94. The number of nitrogens with zero attached hydrogens (tertiary/aromatic N) is 1. The van der Waals surface area contributed by atoms with E-state index in [4.69, 9.17) is 28.4 Å². The molecule has 43 heavy (non-hydrogen) atoms. The molecule has 0 bridgehead atoms. The normalized spacial score (nSPS) is 19.4. The van der Waals surface area contributed by atoms with Crippen LogP contribution in [0.25, 0.3) is 0 Å². The van der Waals surface area contributed by atoms with Gasteiger partial charge in [-0.2, -0.15) is 0 Å². The van der Waals surface area contributed by atoms with Crippen LogP contribution < -0.4 is 5.32 Å². The summed E-state index contributed by atoms with van der Waals surface area (Å²) in [5.41, 5.74) is 3.74. The molecule has 240 valence electrons. The Hall–Kier alpha value is -2.88. The highest BCUT2D eigenvalue weighted by atomic mass is 16.6. The molecule has 1 aromatic rings. The summed E-state index contributed by atoms with van der Waals surface area (Å²) < 4.78 is 33.9. The van der Waals surface area contributed by atoms with Gasteiger partial charge in [0.2, 0.25) is 0 Å². The molecular weight excluding hydrogens is 544 g/mol. The smallest absolute Gasteiger partial charge is 0.186 e. The zero-order valence-electron chi connectivity index (χ0n) is 26.6. The number of rotatable bonds is 23. The summed E-state index contributed by atoms with van der Waals surface area (Å²) in [4.78, 5) is 2.30. The second-order valence-electron chi connectivity index (χ2n) is 10.3. The first-order chi connectivity index (χ1) is 21.1. The van der Waals surface area contributed by atoms with Crippen molar-refractivity contribution in [2.24, 2.45) is 5.92 Å². The van der Waals surface area contributed by atoms with Gasteiger partial charge in [-0.15, -0.1) is 0 Å². The lowest BCUT2D eigenvalue weighted by Gasteiger charge is -2.25. The van der Waals surface area contributed by atoms with Gasteiger partial charge in [-0.25, -0.2) is 0 Å². The van der Waals surface area contributed by atoms with E-state index in [1.165, 1.54) is 11.4 Å². The summed E-state index contributed by atoms with van der Waals surface area (Å²) in [6.45, 7) is 17.9. The van der Waals surface area contributed by atoms with Crippen LogP contribution >= 0.6 is 0 Å². The number of benzene rings is 1. The topological polar surface area (TPSA) is 70.7 Å². The third kappa shape index (κ3) is 16.0. The van der Waals surface area contributed by atoms with Crippen LogP contribution in [0, 0.1) is 5.92 Å². The van der Waals surface area contributed by atoms with Crippen LogP contribution in [0.5, 0.6) is 0 Å². The Bertz CT molecular complexity index is 978. The van der Waals surface area contributed by atoms with Crippen LogP contribution in [0.2, 0.25) is 0 Å². The maximum atomic E-state index is 6.01. The molecule has 2 atom stereocenters. The summed E-state index contributed by atoms with van der Waals surface area (Å²) in [5.74, 6) is 1.12. The van der Waals surface area contributed by atoms with Gasteiger partial charge < -0.3 is 38.6 Å². The lowest BCUT2D eigenvalue weighted by atomic mass is 9.95. The van der Waals surface area contributed by atoms with Crippen LogP contribution in [-0.4, -0.2) is 84.1 Å². The molecule has 0 aliphatic carbocycles. The second kappa shape index (κ2) is 23.6. The van der Waals surface area contributed by atoms with Gasteiger partial charge in [-0.3, -0.25) is 0 Å². The maximum Gasteiger partial charge on any atom is 0.186 e. The van der Waals surface area contributed by atoms with Crippen molar-refractivity contribution in [1.82, 2.24) is 10.2 Å². The number of hydrogen-bond donors (Lipinski definition) is 1. The number of likely N-dealkylation sites (tertiary alicyclic amines) is 1. The van der Waals surface area contributed by atoms with Gasteiger partial charge in [-0.05, 0) is 36.5 Å². The molecule has 8 heteroatoms. The SMILES string of the molecule is C=C/C=C(\NC1C/C(=C\C=C)N(C)/C(=C/CC)C[C@@H]1C)OCCOCCOCCOCCOCCOCc1ccccc1. The lowest BCUT2D eigenvalue weighted by Crippen LogP contribution is -2.35. The summed E-state index contributed by atoms with van der Waals surface area (Å²) >= 11 is 0. The van der Waals surface area contributed by atoms with E-state index in [0.29, 0.717) is 84.5 Å². The first kappa shape index (κ1) is 36.3. The Morgan fingerprint density at radius 2 is 1.40 bits per heavy atom. The number of hydrogen-bond acceptors (Lipinski definition) is 8. The summed E-state index contributed by atoms with van der Waals surface area (Å²) in [5, 5.41) is 3.61. The largest absolute Gasteiger partial charge is 0.477 e. The molecule has 0 saturated carbocycles. The molecular formula is C35H54N2O6. The van der Waals surface area contributed by atoms with Crippen molar-refractivity contribution < 1.29 is 28.4 Å².